The predicted octanol–water partition coefficient (Wildman–Crippen LogP) is 2.24. The molecule has 90 valence electrons. The van der Waals surface area contributed by atoms with E-state index in [9.17, 15) is 0 Å². The van der Waals surface area contributed by atoms with Gasteiger partial charge in [0, 0.05) is 18.0 Å². The molecular formula is C12H21N3S. The zero-order valence-electron chi connectivity index (χ0n) is 10.2. The van der Waals surface area contributed by atoms with Crippen molar-refractivity contribution in [1.29, 1.82) is 0 Å². The summed E-state index contributed by atoms with van der Waals surface area (Å²) in [6.45, 7) is 8.77. The zero-order valence-corrected chi connectivity index (χ0v) is 11.0. The lowest BCUT2D eigenvalue weighted by Crippen LogP contribution is -2.22. The van der Waals surface area contributed by atoms with Gasteiger partial charge in [0.25, 0.3) is 0 Å². The molecule has 1 saturated heterocycles. The predicted molar refractivity (Wildman–Crippen MR) is 68.6 cm³/mol. The van der Waals surface area contributed by atoms with Gasteiger partial charge in [-0.25, -0.2) is 4.98 Å². The Kier molecular flexibility index (Phi) is 4.32. The molecule has 1 fully saturated rings. The summed E-state index contributed by atoms with van der Waals surface area (Å²) in [5.74, 6) is 0. The van der Waals surface area contributed by atoms with Gasteiger partial charge in [0.05, 0.1) is 12.2 Å². The number of likely N-dealkylation sites (tertiary alicyclic amines) is 1. The molecule has 2 rings (SSSR count). The topological polar surface area (TPSA) is 28.2 Å². The summed E-state index contributed by atoms with van der Waals surface area (Å²) in [7, 11) is 0. The summed E-state index contributed by atoms with van der Waals surface area (Å²) in [6.07, 6.45) is 2.71. The molecule has 16 heavy (non-hydrogen) atoms. The number of nitrogens with one attached hydrogen (secondary N) is 1. The van der Waals surface area contributed by atoms with Crippen LogP contribution in [0.4, 0.5) is 0 Å². The van der Waals surface area contributed by atoms with E-state index in [-0.39, 0.29) is 0 Å². The fraction of sp³-hybridized carbons (Fsp3) is 0.750. The Morgan fingerprint density at radius 1 is 1.44 bits per heavy atom. The minimum absolute atomic E-state index is 0.531. The van der Waals surface area contributed by atoms with Gasteiger partial charge in [0.2, 0.25) is 0 Å². The molecule has 1 aliphatic rings. The second-order valence-electron chi connectivity index (χ2n) is 4.75. The Morgan fingerprint density at radius 3 is 2.88 bits per heavy atom. The number of thiazole rings is 1. The molecule has 0 saturated carbocycles. The Bertz CT molecular complexity index is 316. The molecule has 1 aromatic heterocycles. The van der Waals surface area contributed by atoms with Crippen LogP contribution in [0.15, 0.2) is 5.38 Å². The van der Waals surface area contributed by atoms with Gasteiger partial charge in [0.15, 0.2) is 0 Å². The molecule has 0 bridgehead atoms. The highest BCUT2D eigenvalue weighted by atomic mass is 32.1. The summed E-state index contributed by atoms with van der Waals surface area (Å²) < 4.78 is 0. The first-order chi connectivity index (χ1) is 7.74. The van der Waals surface area contributed by atoms with Crippen LogP contribution in [0.1, 0.15) is 37.4 Å². The summed E-state index contributed by atoms with van der Waals surface area (Å²) >= 11 is 1.80. The van der Waals surface area contributed by atoms with Gasteiger partial charge in [-0.05, 0) is 25.9 Å². The fourth-order valence-electron chi connectivity index (χ4n) is 1.94. The highest BCUT2D eigenvalue weighted by Gasteiger charge is 2.13. The molecule has 2 heterocycles. The number of hydrogen-bond acceptors (Lipinski definition) is 4. The Labute approximate surface area is 102 Å². The van der Waals surface area contributed by atoms with Crippen molar-refractivity contribution in [3.63, 3.8) is 0 Å². The Morgan fingerprint density at radius 2 is 2.19 bits per heavy atom. The van der Waals surface area contributed by atoms with Crippen LogP contribution >= 0.6 is 11.3 Å². The maximum absolute atomic E-state index is 4.66. The molecule has 0 unspecified atom stereocenters. The smallest absolute Gasteiger partial charge is 0.107 e. The maximum Gasteiger partial charge on any atom is 0.107 e. The normalized spacial score (nSPS) is 17.4. The molecule has 0 aliphatic carbocycles. The lowest BCUT2D eigenvalue weighted by Gasteiger charge is -2.11. The molecule has 4 heteroatoms. The van der Waals surface area contributed by atoms with E-state index in [1.165, 1.54) is 36.6 Å². The van der Waals surface area contributed by atoms with E-state index in [1.807, 2.05) is 0 Å². The summed E-state index contributed by atoms with van der Waals surface area (Å²) in [5, 5.41) is 6.85. The number of nitrogens with zero attached hydrogens (tertiary/aromatic N) is 2. The lowest BCUT2D eigenvalue weighted by molar-refractivity contribution is 0.330. The first-order valence-corrected chi connectivity index (χ1v) is 7.01. The largest absolute Gasteiger partial charge is 0.309 e. The van der Waals surface area contributed by atoms with E-state index < -0.39 is 0 Å². The standard InChI is InChI=1S/C12H21N3S/c1-10(2)13-7-11-9-16-12(14-11)8-15-5-3-4-6-15/h9-10,13H,3-8H2,1-2H3. The van der Waals surface area contributed by atoms with E-state index >= 15 is 0 Å². The van der Waals surface area contributed by atoms with E-state index in [2.05, 4.69) is 34.4 Å². The maximum atomic E-state index is 4.66. The van der Waals surface area contributed by atoms with Crippen molar-refractivity contribution in [1.82, 2.24) is 15.2 Å². The minimum Gasteiger partial charge on any atom is -0.309 e. The van der Waals surface area contributed by atoms with E-state index in [1.54, 1.807) is 11.3 Å². The SMILES string of the molecule is CC(C)NCc1csc(CN2CCCC2)n1. The van der Waals surface area contributed by atoms with Crippen LogP contribution in [-0.4, -0.2) is 29.0 Å². The average Bonchev–Trinajstić information content (AvgIpc) is 2.87. The van der Waals surface area contributed by atoms with Crippen LogP contribution in [0.2, 0.25) is 0 Å². The molecule has 3 nitrogen and oxygen atoms in total. The number of aromatic nitrogens is 1. The fourth-order valence-corrected chi connectivity index (χ4v) is 2.78. The van der Waals surface area contributed by atoms with Crippen LogP contribution in [0.3, 0.4) is 0 Å². The number of hydrogen-bond donors (Lipinski definition) is 1. The van der Waals surface area contributed by atoms with Crippen molar-refractivity contribution in [2.75, 3.05) is 13.1 Å². The van der Waals surface area contributed by atoms with Gasteiger partial charge in [-0.1, -0.05) is 13.8 Å². The summed E-state index contributed by atoms with van der Waals surface area (Å²) in [5.41, 5.74) is 1.19. The van der Waals surface area contributed by atoms with E-state index in [4.69, 9.17) is 0 Å². The first kappa shape index (κ1) is 12.0. The van der Waals surface area contributed by atoms with Gasteiger partial charge < -0.3 is 5.32 Å². The van der Waals surface area contributed by atoms with Crippen LogP contribution in [0.25, 0.3) is 0 Å². The van der Waals surface area contributed by atoms with Crippen LogP contribution < -0.4 is 5.32 Å². The minimum atomic E-state index is 0.531. The molecule has 0 amide bonds. The highest BCUT2D eigenvalue weighted by Crippen LogP contribution is 2.16. The van der Waals surface area contributed by atoms with Crippen LogP contribution in [0.5, 0.6) is 0 Å². The zero-order chi connectivity index (χ0) is 11.4. The van der Waals surface area contributed by atoms with Crippen molar-refractivity contribution < 1.29 is 0 Å². The van der Waals surface area contributed by atoms with Crippen molar-refractivity contribution in [3.05, 3.63) is 16.1 Å². The van der Waals surface area contributed by atoms with Crippen LogP contribution in [0, 0.1) is 0 Å². The highest BCUT2D eigenvalue weighted by molar-refractivity contribution is 7.09. The van der Waals surface area contributed by atoms with Crippen LogP contribution in [-0.2, 0) is 13.1 Å². The summed E-state index contributed by atoms with van der Waals surface area (Å²) in [6, 6.07) is 0.531. The molecule has 1 aliphatic heterocycles. The van der Waals surface area contributed by atoms with Crippen molar-refractivity contribution in [2.24, 2.45) is 0 Å². The monoisotopic (exact) mass is 239 g/mol. The second-order valence-corrected chi connectivity index (χ2v) is 5.69. The van der Waals surface area contributed by atoms with Crippen molar-refractivity contribution in [3.8, 4) is 0 Å². The third-order valence-electron chi connectivity index (χ3n) is 2.85. The Balaban J connectivity index is 1.81. The lowest BCUT2D eigenvalue weighted by atomic mass is 10.4. The first-order valence-electron chi connectivity index (χ1n) is 6.13. The van der Waals surface area contributed by atoms with Gasteiger partial charge in [-0.2, -0.15) is 0 Å². The van der Waals surface area contributed by atoms with Gasteiger partial charge in [-0.3, -0.25) is 4.90 Å². The molecule has 0 spiro atoms. The molecular weight excluding hydrogens is 218 g/mol. The van der Waals surface area contributed by atoms with Crippen molar-refractivity contribution in [2.45, 2.75) is 45.8 Å². The second kappa shape index (κ2) is 5.75. The van der Waals surface area contributed by atoms with Gasteiger partial charge >= 0.3 is 0 Å². The molecule has 0 radical (unpaired) electrons. The average molecular weight is 239 g/mol. The summed E-state index contributed by atoms with van der Waals surface area (Å²) in [4.78, 5) is 7.16. The molecule has 0 aromatic carbocycles. The van der Waals surface area contributed by atoms with E-state index in [0.717, 1.165) is 13.1 Å². The molecule has 1 aromatic rings. The Hall–Kier alpha value is -0.450. The third kappa shape index (κ3) is 3.54. The van der Waals surface area contributed by atoms with E-state index in [0.29, 0.717) is 6.04 Å². The van der Waals surface area contributed by atoms with Gasteiger partial charge in [-0.15, -0.1) is 11.3 Å². The van der Waals surface area contributed by atoms with Crippen molar-refractivity contribution >= 4 is 11.3 Å². The molecule has 0 atom stereocenters. The number of rotatable bonds is 5. The van der Waals surface area contributed by atoms with Gasteiger partial charge in [0.1, 0.15) is 5.01 Å². The molecule has 1 N–H and O–H groups in total. The third-order valence-corrected chi connectivity index (χ3v) is 3.73. The quantitative estimate of drug-likeness (QED) is 0.854.